The first-order chi connectivity index (χ1) is 5.14. The van der Waals surface area contributed by atoms with Crippen LogP contribution in [0.1, 0.15) is 0 Å². The normalized spacial score (nSPS) is 56.5. The fourth-order valence-electron chi connectivity index (χ4n) is 1.55. The molecule has 2 saturated heterocycles. The van der Waals surface area contributed by atoms with Crippen molar-refractivity contribution in [2.75, 3.05) is 13.2 Å². The number of rotatable bonds is 0. The zero-order chi connectivity index (χ0) is 8.06. The first-order valence-electron chi connectivity index (χ1n) is 3.55. The van der Waals surface area contributed by atoms with Gasteiger partial charge in [-0.3, -0.25) is 5.73 Å². The Morgan fingerprint density at radius 1 is 1.36 bits per heavy atom. The van der Waals surface area contributed by atoms with Crippen molar-refractivity contribution in [1.82, 2.24) is 0 Å². The third-order valence-electron chi connectivity index (χ3n) is 2.25. The fraction of sp³-hybridized carbons (Fsp3) is 1.00. The van der Waals surface area contributed by atoms with Crippen LogP contribution in [-0.2, 0) is 9.47 Å². The Bertz CT molecular complexity index is 176. The number of hydrogen-bond donors (Lipinski definition) is 3. The van der Waals surface area contributed by atoms with E-state index in [0.29, 0.717) is 0 Å². The summed E-state index contributed by atoms with van der Waals surface area (Å²) in [6.45, 7) is 0.274. The van der Waals surface area contributed by atoms with Crippen molar-refractivity contribution in [1.29, 1.82) is 0 Å². The predicted octanol–water partition coefficient (Wildman–Crippen LogP) is -2.21. The third-order valence-corrected chi connectivity index (χ3v) is 2.25. The maximum atomic E-state index is 9.29. The highest BCUT2D eigenvalue weighted by Gasteiger charge is 2.57. The van der Waals surface area contributed by atoms with Gasteiger partial charge in [-0.1, -0.05) is 0 Å². The molecule has 1 unspecified atom stereocenters. The lowest BCUT2D eigenvalue weighted by molar-refractivity contribution is -0.0715. The van der Waals surface area contributed by atoms with E-state index in [1.165, 1.54) is 0 Å². The van der Waals surface area contributed by atoms with E-state index >= 15 is 0 Å². The monoisotopic (exact) mass is 161 g/mol. The molecule has 4 N–H and O–H groups in total. The van der Waals surface area contributed by atoms with Crippen molar-refractivity contribution in [3.8, 4) is 0 Å². The summed E-state index contributed by atoms with van der Waals surface area (Å²) in [6, 6.07) is 0. The molecule has 2 heterocycles. The first kappa shape index (κ1) is 7.45. The molecule has 0 aromatic rings. The Hall–Kier alpha value is -0.200. The number of aliphatic hydroxyl groups excluding tert-OH is 2. The van der Waals surface area contributed by atoms with Gasteiger partial charge in [0.2, 0.25) is 0 Å². The third kappa shape index (κ3) is 0.830. The van der Waals surface area contributed by atoms with Crippen LogP contribution >= 0.6 is 0 Å². The van der Waals surface area contributed by atoms with Crippen LogP contribution in [0.5, 0.6) is 0 Å². The topological polar surface area (TPSA) is 84.9 Å². The summed E-state index contributed by atoms with van der Waals surface area (Å²) in [7, 11) is 0. The SMILES string of the molecule is N[C@]12OC[C@@H](O)C1OC[C@@H]2O. The zero-order valence-electron chi connectivity index (χ0n) is 5.93. The van der Waals surface area contributed by atoms with Gasteiger partial charge in [-0.15, -0.1) is 0 Å². The second kappa shape index (κ2) is 2.15. The number of fused-ring (bicyclic) bond motifs is 1. The summed E-state index contributed by atoms with van der Waals surface area (Å²) in [6.07, 6.45) is -2.11. The van der Waals surface area contributed by atoms with Crippen molar-refractivity contribution < 1.29 is 19.7 Å². The van der Waals surface area contributed by atoms with Gasteiger partial charge in [0.1, 0.15) is 18.3 Å². The average Bonchev–Trinajstić information content (AvgIpc) is 2.39. The second-order valence-corrected chi connectivity index (χ2v) is 3.00. The van der Waals surface area contributed by atoms with E-state index in [1.807, 2.05) is 0 Å². The van der Waals surface area contributed by atoms with Crippen LogP contribution in [0.4, 0.5) is 0 Å². The van der Waals surface area contributed by atoms with Crippen LogP contribution < -0.4 is 5.73 Å². The van der Waals surface area contributed by atoms with Gasteiger partial charge in [0.15, 0.2) is 5.72 Å². The first-order valence-corrected chi connectivity index (χ1v) is 3.55. The molecular formula is C6H11NO4. The minimum absolute atomic E-state index is 0.137. The second-order valence-electron chi connectivity index (χ2n) is 3.00. The Morgan fingerprint density at radius 2 is 2.09 bits per heavy atom. The molecule has 0 aliphatic carbocycles. The smallest absolute Gasteiger partial charge is 0.174 e. The average molecular weight is 161 g/mol. The van der Waals surface area contributed by atoms with Gasteiger partial charge in [-0.2, -0.15) is 0 Å². The van der Waals surface area contributed by atoms with Gasteiger partial charge >= 0.3 is 0 Å². The molecule has 0 amide bonds. The van der Waals surface area contributed by atoms with Crippen LogP contribution in [0, 0.1) is 0 Å². The van der Waals surface area contributed by atoms with E-state index in [1.54, 1.807) is 0 Å². The Labute approximate surface area is 63.7 Å². The van der Waals surface area contributed by atoms with Crippen molar-refractivity contribution in [2.45, 2.75) is 24.0 Å². The highest BCUT2D eigenvalue weighted by molar-refractivity contribution is 5.03. The molecule has 0 radical (unpaired) electrons. The molecule has 0 spiro atoms. The molecule has 2 aliphatic heterocycles. The van der Waals surface area contributed by atoms with Gasteiger partial charge in [0.25, 0.3) is 0 Å². The summed E-state index contributed by atoms with van der Waals surface area (Å²) in [4.78, 5) is 0. The van der Waals surface area contributed by atoms with E-state index < -0.39 is 24.0 Å². The maximum absolute atomic E-state index is 9.29. The van der Waals surface area contributed by atoms with E-state index in [-0.39, 0.29) is 13.2 Å². The Morgan fingerprint density at radius 3 is 2.73 bits per heavy atom. The molecule has 0 bridgehead atoms. The standard InChI is InChI=1S/C6H11NO4/c7-6-4(9)2-10-5(6)3(8)1-11-6/h3-5,8-9H,1-2,7H2/t3-,4+,5?,6-/m1/s1. The molecular weight excluding hydrogens is 150 g/mol. The summed E-state index contributed by atoms with van der Waals surface area (Å²) < 4.78 is 10.1. The van der Waals surface area contributed by atoms with E-state index in [4.69, 9.17) is 15.2 Å². The molecule has 0 saturated carbocycles. The van der Waals surface area contributed by atoms with E-state index in [2.05, 4.69) is 0 Å². The highest BCUT2D eigenvalue weighted by atomic mass is 16.6. The number of nitrogens with two attached hydrogens (primary N) is 1. The van der Waals surface area contributed by atoms with Crippen molar-refractivity contribution >= 4 is 0 Å². The molecule has 5 nitrogen and oxygen atoms in total. The van der Waals surface area contributed by atoms with Crippen molar-refractivity contribution in [3.63, 3.8) is 0 Å². The largest absolute Gasteiger partial charge is 0.388 e. The van der Waals surface area contributed by atoms with Gasteiger partial charge in [-0.05, 0) is 0 Å². The van der Waals surface area contributed by atoms with Crippen molar-refractivity contribution in [3.05, 3.63) is 0 Å². The van der Waals surface area contributed by atoms with Gasteiger partial charge in [-0.25, -0.2) is 0 Å². The summed E-state index contributed by atoms with van der Waals surface area (Å²) >= 11 is 0. The molecule has 0 aromatic heterocycles. The van der Waals surface area contributed by atoms with Crippen LogP contribution in [0.25, 0.3) is 0 Å². The van der Waals surface area contributed by atoms with Crippen LogP contribution in [0.15, 0.2) is 0 Å². The number of ether oxygens (including phenoxy) is 2. The molecule has 2 rings (SSSR count). The fourth-order valence-corrected chi connectivity index (χ4v) is 1.55. The lowest BCUT2D eigenvalue weighted by Gasteiger charge is -2.24. The quantitative estimate of drug-likeness (QED) is 0.375. The minimum Gasteiger partial charge on any atom is -0.388 e. The lowest BCUT2D eigenvalue weighted by atomic mass is 10.0. The molecule has 4 atom stereocenters. The highest BCUT2D eigenvalue weighted by Crippen LogP contribution is 2.33. The Balaban J connectivity index is 2.23. The van der Waals surface area contributed by atoms with Crippen LogP contribution in [0.2, 0.25) is 0 Å². The molecule has 11 heavy (non-hydrogen) atoms. The molecule has 2 fully saturated rings. The minimum atomic E-state index is -1.18. The zero-order valence-corrected chi connectivity index (χ0v) is 5.93. The maximum Gasteiger partial charge on any atom is 0.174 e. The van der Waals surface area contributed by atoms with Gasteiger partial charge in [0.05, 0.1) is 13.2 Å². The van der Waals surface area contributed by atoms with Gasteiger partial charge in [0, 0.05) is 0 Å². The van der Waals surface area contributed by atoms with Crippen molar-refractivity contribution in [2.24, 2.45) is 5.73 Å². The molecule has 5 heteroatoms. The summed E-state index contributed by atoms with van der Waals surface area (Å²) in [5.41, 5.74) is 4.46. The van der Waals surface area contributed by atoms with Crippen LogP contribution in [0.3, 0.4) is 0 Å². The van der Waals surface area contributed by atoms with E-state index in [0.717, 1.165) is 0 Å². The molecule has 2 aliphatic rings. The Kier molecular flexibility index (Phi) is 1.45. The number of hydrogen-bond acceptors (Lipinski definition) is 5. The van der Waals surface area contributed by atoms with E-state index in [9.17, 15) is 10.2 Å². The number of aliphatic hydroxyl groups is 2. The van der Waals surface area contributed by atoms with Crippen LogP contribution in [-0.4, -0.2) is 47.5 Å². The summed E-state index contributed by atoms with van der Waals surface area (Å²) in [5, 5.41) is 18.5. The van der Waals surface area contributed by atoms with Gasteiger partial charge < -0.3 is 19.7 Å². The lowest BCUT2D eigenvalue weighted by Crippen LogP contribution is -2.55. The predicted molar refractivity (Wildman–Crippen MR) is 34.6 cm³/mol. The molecule has 0 aromatic carbocycles. The summed E-state index contributed by atoms with van der Waals surface area (Å²) in [5.74, 6) is 0. The molecule has 64 valence electrons.